The van der Waals surface area contributed by atoms with Gasteiger partial charge in [0.15, 0.2) is 0 Å². The molecule has 1 atom stereocenters. The molecule has 3 nitrogen and oxygen atoms in total. The van der Waals surface area contributed by atoms with Crippen LogP contribution in [0.1, 0.15) is 36.9 Å². The van der Waals surface area contributed by atoms with Crippen molar-refractivity contribution in [1.29, 1.82) is 0 Å². The summed E-state index contributed by atoms with van der Waals surface area (Å²) in [5.74, 6) is 0.196. The molecular formula is C16H19FN2OS. The van der Waals surface area contributed by atoms with E-state index in [2.05, 4.69) is 18.8 Å². The maximum atomic E-state index is 14.2. The summed E-state index contributed by atoms with van der Waals surface area (Å²) < 4.78 is 19.5. The molecule has 2 N–H and O–H groups in total. The van der Waals surface area contributed by atoms with Crippen molar-refractivity contribution in [3.8, 4) is 16.3 Å². The number of thiazole rings is 1. The fourth-order valence-corrected chi connectivity index (χ4v) is 4.12. The van der Waals surface area contributed by atoms with Crippen LogP contribution in [0.2, 0.25) is 0 Å². The molecule has 1 aliphatic rings. The summed E-state index contributed by atoms with van der Waals surface area (Å²) >= 11 is 1.48. The number of hydrogen-bond acceptors (Lipinski definition) is 4. The molecule has 112 valence electrons. The molecule has 0 fully saturated rings. The number of aromatic nitrogens is 1. The van der Waals surface area contributed by atoms with Gasteiger partial charge in [0.25, 0.3) is 0 Å². The smallest absolute Gasteiger partial charge is 0.137 e. The van der Waals surface area contributed by atoms with E-state index in [0.29, 0.717) is 16.3 Å². The van der Waals surface area contributed by atoms with Crippen molar-refractivity contribution < 1.29 is 9.13 Å². The molecule has 0 saturated carbocycles. The summed E-state index contributed by atoms with van der Waals surface area (Å²) in [5.41, 5.74) is 7.84. The Bertz CT molecular complexity index is 681. The van der Waals surface area contributed by atoms with E-state index in [-0.39, 0.29) is 17.3 Å². The third-order valence-corrected chi connectivity index (χ3v) is 5.14. The van der Waals surface area contributed by atoms with Gasteiger partial charge in [-0.3, -0.25) is 0 Å². The summed E-state index contributed by atoms with van der Waals surface area (Å²) in [5, 5.41) is 0.656. The van der Waals surface area contributed by atoms with Crippen LogP contribution < -0.4 is 10.5 Å². The zero-order valence-corrected chi connectivity index (χ0v) is 13.3. The van der Waals surface area contributed by atoms with Crippen LogP contribution in [0.3, 0.4) is 0 Å². The number of ether oxygens (including phenoxy) is 1. The number of methoxy groups -OCH3 is 1. The number of fused-ring (bicyclic) bond motifs is 1. The molecule has 21 heavy (non-hydrogen) atoms. The number of nitrogens with two attached hydrogens (primary N) is 1. The van der Waals surface area contributed by atoms with Gasteiger partial charge in [0.1, 0.15) is 16.6 Å². The molecule has 2 aromatic rings. The largest absolute Gasteiger partial charge is 0.496 e. The number of benzene rings is 1. The lowest BCUT2D eigenvalue weighted by atomic mass is 9.77. The molecule has 1 heterocycles. The number of rotatable bonds is 2. The van der Waals surface area contributed by atoms with E-state index in [9.17, 15) is 4.39 Å². The van der Waals surface area contributed by atoms with E-state index < -0.39 is 0 Å². The molecule has 0 saturated heterocycles. The molecule has 0 radical (unpaired) electrons. The second kappa shape index (κ2) is 5.07. The van der Waals surface area contributed by atoms with E-state index >= 15 is 0 Å². The van der Waals surface area contributed by atoms with Crippen LogP contribution >= 0.6 is 11.3 Å². The monoisotopic (exact) mass is 306 g/mol. The third-order valence-electron chi connectivity index (χ3n) is 3.89. The second-order valence-corrected chi connectivity index (χ2v) is 7.33. The quantitative estimate of drug-likeness (QED) is 0.914. The highest BCUT2D eigenvalue weighted by Crippen LogP contribution is 2.45. The average Bonchev–Trinajstić information content (AvgIpc) is 2.80. The van der Waals surface area contributed by atoms with Crippen LogP contribution in [-0.4, -0.2) is 12.1 Å². The van der Waals surface area contributed by atoms with Crippen molar-refractivity contribution in [2.24, 2.45) is 11.1 Å². The van der Waals surface area contributed by atoms with Gasteiger partial charge < -0.3 is 10.5 Å². The van der Waals surface area contributed by atoms with Crippen molar-refractivity contribution >= 4 is 11.3 Å². The molecule has 1 aliphatic carbocycles. The first-order valence-corrected chi connectivity index (χ1v) is 7.81. The average molecular weight is 306 g/mol. The highest BCUT2D eigenvalue weighted by Gasteiger charge is 2.34. The summed E-state index contributed by atoms with van der Waals surface area (Å²) in [4.78, 5) is 5.73. The summed E-state index contributed by atoms with van der Waals surface area (Å²) in [7, 11) is 1.54. The van der Waals surface area contributed by atoms with Gasteiger partial charge in [-0.05, 0) is 30.4 Å². The summed E-state index contributed by atoms with van der Waals surface area (Å²) in [6.07, 6.45) is 1.80. The number of hydrogen-bond donors (Lipinski definition) is 1. The predicted octanol–water partition coefficient (Wildman–Crippen LogP) is 3.93. The maximum Gasteiger partial charge on any atom is 0.137 e. The summed E-state index contributed by atoms with van der Waals surface area (Å²) in [6, 6.07) is 4.80. The zero-order chi connectivity index (χ0) is 15.2. The molecule has 0 aliphatic heterocycles. The van der Waals surface area contributed by atoms with Crippen molar-refractivity contribution in [2.75, 3.05) is 7.11 Å². The molecule has 5 heteroatoms. The second-order valence-electron chi connectivity index (χ2n) is 6.30. The first kappa shape index (κ1) is 14.5. The molecule has 3 rings (SSSR count). The molecule has 1 aromatic heterocycles. The van der Waals surface area contributed by atoms with E-state index in [1.165, 1.54) is 17.4 Å². The first-order chi connectivity index (χ1) is 9.91. The standard InChI is InChI=1S/C16H19FN2OS/c1-16(2)7-10(18)14-11(8-16)19-15(21-14)13-9(17)5-4-6-12(13)20-3/h4-6,10H,7-8,18H2,1-3H3. The van der Waals surface area contributed by atoms with Crippen LogP contribution in [0.25, 0.3) is 10.6 Å². The Hall–Kier alpha value is -1.46. The molecule has 0 amide bonds. The van der Waals surface area contributed by atoms with Gasteiger partial charge in [-0.15, -0.1) is 11.3 Å². The van der Waals surface area contributed by atoms with Crippen molar-refractivity contribution in [1.82, 2.24) is 4.98 Å². The minimum absolute atomic E-state index is 0.0206. The molecule has 0 spiro atoms. The molecule has 1 unspecified atom stereocenters. The number of nitrogens with zero attached hydrogens (tertiary/aromatic N) is 1. The van der Waals surface area contributed by atoms with Crippen molar-refractivity contribution in [3.05, 3.63) is 34.6 Å². The van der Waals surface area contributed by atoms with Gasteiger partial charge in [-0.25, -0.2) is 9.37 Å². The van der Waals surface area contributed by atoms with E-state index in [1.54, 1.807) is 19.2 Å². The van der Waals surface area contributed by atoms with Crippen LogP contribution in [0.4, 0.5) is 4.39 Å². The van der Waals surface area contributed by atoms with Crippen LogP contribution in [0.15, 0.2) is 18.2 Å². The predicted molar refractivity (Wildman–Crippen MR) is 83.1 cm³/mol. The molecule has 1 aromatic carbocycles. The van der Waals surface area contributed by atoms with Gasteiger partial charge in [0.05, 0.1) is 18.4 Å². The fraction of sp³-hybridized carbons (Fsp3) is 0.438. The molecule has 0 bridgehead atoms. The third kappa shape index (κ3) is 2.56. The Kier molecular flexibility index (Phi) is 3.50. The maximum absolute atomic E-state index is 14.2. The highest BCUT2D eigenvalue weighted by molar-refractivity contribution is 7.15. The lowest BCUT2D eigenvalue weighted by Gasteiger charge is -2.32. The van der Waals surface area contributed by atoms with Crippen LogP contribution in [-0.2, 0) is 6.42 Å². The topological polar surface area (TPSA) is 48.1 Å². The van der Waals surface area contributed by atoms with Crippen molar-refractivity contribution in [3.63, 3.8) is 0 Å². The van der Waals surface area contributed by atoms with E-state index in [0.717, 1.165) is 23.4 Å². The van der Waals surface area contributed by atoms with E-state index in [1.807, 2.05) is 0 Å². The SMILES string of the molecule is COc1cccc(F)c1-c1nc2c(s1)C(N)CC(C)(C)C2. The minimum Gasteiger partial charge on any atom is -0.496 e. The van der Waals surface area contributed by atoms with Crippen molar-refractivity contribution in [2.45, 2.75) is 32.7 Å². The van der Waals surface area contributed by atoms with Crippen LogP contribution in [0.5, 0.6) is 5.75 Å². The summed E-state index contributed by atoms with van der Waals surface area (Å²) in [6.45, 7) is 4.39. The Morgan fingerprint density at radius 3 is 2.90 bits per heavy atom. The van der Waals surface area contributed by atoms with Gasteiger partial charge >= 0.3 is 0 Å². The Morgan fingerprint density at radius 2 is 2.19 bits per heavy atom. The Labute approximate surface area is 128 Å². The lowest BCUT2D eigenvalue weighted by Crippen LogP contribution is -2.28. The highest BCUT2D eigenvalue weighted by atomic mass is 32.1. The van der Waals surface area contributed by atoms with E-state index in [4.69, 9.17) is 10.5 Å². The normalized spacial score (nSPS) is 20.1. The number of halogens is 1. The van der Waals surface area contributed by atoms with Crippen LogP contribution in [0, 0.1) is 11.2 Å². The first-order valence-electron chi connectivity index (χ1n) is 6.99. The zero-order valence-electron chi connectivity index (χ0n) is 12.4. The van der Waals surface area contributed by atoms with Gasteiger partial charge in [-0.1, -0.05) is 19.9 Å². The van der Waals surface area contributed by atoms with Gasteiger partial charge in [0, 0.05) is 10.9 Å². The van der Waals surface area contributed by atoms with Gasteiger partial charge in [0.2, 0.25) is 0 Å². The molecular weight excluding hydrogens is 287 g/mol. The fourth-order valence-electron chi connectivity index (χ4n) is 2.98. The lowest BCUT2D eigenvalue weighted by molar-refractivity contribution is 0.282. The Morgan fingerprint density at radius 1 is 1.43 bits per heavy atom. The minimum atomic E-state index is -0.312. The Balaban J connectivity index is 2.11. The van der Waals surface area contributed by atoms with Gasteiger partial charge in [-0.2, -0.15) is 0 Å².